The lowest BCUT2D eigenvalue weighted by Crippen LogP contribution is -2.36. The molecule has 0 radical (unpaired) electrons. The second kappa shape index (κ2) is 8.46. The minimum absolute atomic E-state index is 0.0928. The fourth-order valence-electron chi connectivity index (χ4n) is 4.69. The Balaban J connectivity index is 1.40. The molecule has 1 unspecified atom stereocenters. The Morgan fingerprint density at radius 3 is 2.39 bits per heavy atom. The highest BCUT2D eigenvalue weighted by Crippen LogP contribution is 2.40. The Morgan fingerprint density at radius 2 is 1.82 bits per heavy atom. The molecule has 1 N–H and O–H groups in total. The Bertz CT molecular complexity index is 1020. The van der Waals surface area contributed by atoms with Crippen molar-refractivity contribution >= 4 is 11.9 Å². The molecule has 2 aromatic rings. The van der Waals surface area contributed by atoms with E-state index in [9.17, 15) is 18.0 Å². The highest BCUT2D eigenvalue weighted by molar-refractivity contribution is 5.68. The number of carbonyl (C=O) groups excluding carboxylic acids is 1. The quantitative estimate of drug-likeness (QED) is 0.696. The molecule has 3 atom stereocenters. The summed E-state index contributed by atoms with van der Waals surface area (Å²) in [4.78, 5) is 17.9. The average Bonchev–Trinajstić information content (AvgIpc) is 3.26. The van der Waals surface area contributed by atoms with Crippen molar-refractivity contribution in [2.75, 3.05) is 18.4 Å². The lowest BCUT2D eigenvalue weighted by atomic mass is 10.0. The third-order valence-corrected chi connectivity index (χ3v) is 6.13. The molecule has 1 aliphatic heterocycles. The Kier molecular flexibility index (Phi) is 5.96. The maximum atomic E-state index is 13.3. The second-order valence-corrected chi connectivity index (χ2v) is 9.90. The van der Waals surface area contributed by atoms with E-state index >= 15 is 0 Å². The number of pyridine rings is 1. The number of amides is 1. The van der Waals surface area contributed by atoms with Crippen molar-refractivity contribution in [3.05, 3.63) is 35.7 Å². The summed E-state index contributed by atoms with van der Waals surface area (Å²) >= 11 is 0. The zero-order valence-corrected chi connectivity index (χ0v) is 19.1. The highest BCUT2D eigenvalue weighted by Gasteiger charge is 2.43. The molecule has 1 aliphatic carbocycles. The third kappa shape index (κ3) is 5.20. The standard InChI is InChI=1S/C23H28F3N5O2/c1-13-7-19(17-10-27-6-5-18(17)23(24,25)26)29-30-20(13)28-16-8-14-11-31(12-15(14)9-16)21(32)33-22(2,3)4/h5-7,10,14-16H,8-9,11-12H2,1-4H3,(H,28,30)/t14-,15+,16?. The van der Waals surface area contributed by atoms with Crippen LogP contribution < -0.4 is 5.32 Å². The van der Waals surface area contributed by atoms with E-state index in [4.69, 9.17) is 4.74 Å². The largest absolute Gasteiger partial charge is 0.444 e. The first-order valence-corrected chi connectivity index (χ1v) is 11.0. The molecule has 1 saturated carbocycles. The van der Waals surface area contributed by atoms with Crippen LogP contribution in [-0.4, -0.2) is 50.9 Å². The van der Waals surface area contributed by atoms with Crippen molar-refractivity contribution in [2.24, 2.45) is 11.8 Å². The average molecular weight is 464 g/mol. The van der Waals surface area contributed by atoms with E-state index in [1.807, 2.05) is 20.8 Å². The zero-order chi connectivity index (χ0) is 24.0. The Hall–Kier alpha value is -2.91. The molecule has 2 aromatic heterocycles. The summed E-state index contributed by atoms with van der Waals surface area (Å²) in [7, 11) is 0. The van der Waals surface area contributed by atoms with E-state index in [2.05, 4.69) is 20.5 Å². The number of likely N-dealkylation sites (tertiary alicyclic amines) is 1. The maximum absolute atomic E-state index is 13.3. The molecule has 0 aromatic carbocycles. The minimum atomic E-state index is -4.50. The van der Waals surface area contributed by atoms with Gasteiger partial charge in [-0.05, 0) is 70.1 Å². The van der Waals surface area contributed by atoms with Crippen molar-refractivity contribution in [1.29, 1.82) is 0 Å². The molecular weight excluding hydrogens is 435 g/mol. The monoisotopic (exact) mass is 463 g/mol. The summed E-state index contributed by atoms with van der Waals surface area (Å²) < 4.78 is 45.5. The van der Waals surface area contributed by atoms with E-state index in [1.54, 1.807) is 17.9 Å². The minimum Gasteiger partial charge on any atom is -0.444 e. The van der Waals surface area contributed by atoms with Crippen LogP contribution in [-0.2, 0) is 10.9 Å². The van der Waals surface area contributed by atoms with Crippen molar-refractivity contribution < 1.29 is 22.7 Å². The number of carbonyl (C=O) groups is 1. The SMILES string of the molecule is Cc1cc(-c2cnccc2C(F)(F)F)nnc1NC1C[C@@H]2CN(C(=O)OC(C)(C)C)C[C@@H]2C1. The van der Waals surface area contributed by atoms with Gasteiger partial charge in [0.1, 0.15) is 5.60 Å². The zero-order valence-electron chi connectivity index (χ0n) is 19.1. The van der Waals surface area contributed by atoms with Gasteiger partial charge in [-0.1, -0.05) is 0 Å². The molecule has 1 saturated heterocycles. The lowest BCUT2D eigenvalue weighted by Gasteiger charge is -2.25. The molecule has 3 heterocycles. The van der Waals surface area contributed by atoms with E-state index < -0.39 is 17.3 Å². The summed E-state index contributed by atoms with van der Waals surface area (Å²) in [6.45, 7) is 8.70. The van der Waals surface area contributed by atoms with Gasteiger partial charge in [-0.15, -0.1) is 10.2 Å². The number of hydrogen-bond donors (Lipinski definition) is 1. The molecule has 2 fully saturated rings. The van der Waals surface area contributed by atoms with Gasteiger partial charge in [0.15, 0.2) is 5.82 Å². The molecule has 2 aliphatic rings. The second-order valence-electron chi connectivity index (χ2n) is 9.90. The van der Waals surface area contributed by atoms with Gasteiger partial charge in [-0.2, -0.15) is 13.2 Å². The van der Waals surface area contributed by atoms with Gasteiger partial charge in [0.25, 0.3) is 0 Å². The summed E-state index contributed by atoms with van der Waals surface area (Å²) in [6.07, 6.45) is -0.731. The molecular formula is C23H28F3N5O2. The van der Waals surface area contributed by atoms with Crippen molar-refractivity contribution in [1.82, 2.24) is 20.1 Å². The normalized spacial score (nSPS) is 22.9. The van der Waals surface area contributed by atoms with Crippen LogP contribution in [0.3, 0.4) is 0 Å². The fourth-order valence-corrected chi connectivity index (χ4v) is 4.69. The molecule has 0 bridgehead atoms. The van der Waals surface area contributed by atoms with Crippen LogP contribution in [0.25, 0.3) is 11.3 Å². The summed E-state index contributed by atoms with van der Waals surface area (Å²) in [6, 6.07) is 2.71. The van der Waals surface area contributed by atoms with E-state index in [1.165, 1.54) is 0 Å². The highest BCUT2D eigenvalue weighted by atomic mass is 19.4. The predicted molar refractivity (Wildman–Crippen MR) is 116 cm³/mol. The topological polar surface area (TPSA) is 80.2 Å². The van der Waals surface area contributed by atoms with Gasteiger partial charge in [-0.25, -0.2) is 4.79 Å². The predicted octanol–water partition coefficient (Wildman–Crippen LogP) is 4.92. The first kappa shape index (κ1) is 23.3. The molecule has 7 nitrogen and oxygen atoms in total. The fraction of sp³-hybridized carbons (Fsp3) is 0.565. The van der Waals surface area contributed by atoms with Crippen molar-refractivity contribution in [3.63, 3.8) is 0 Å². The van der Waals surface area contributed by atoms with Crippen molar-refractivity contribution in [2.45, 2.75) is 58.4 Å². The van der Waals surface area contributed by atoms with Crippen molar-refractivity contribution in [3.8, 4) is 11.3 Å². The molecule has 178 valence electrons. The number of halogens is 3. The van der Waals surface area contributed by atoms with Gasteiger partial charge < -0.3 is 15.0 Å². The van der Waals surface area contributed by atoms with Gasteiger partial charge in [0, 0.05) is 37.1 Å². The van der Waals surface area contributed by atoms with Crippen LogP contribution in [0.5, 0.6) is 0 Å². The number of alkyl halides is 3. The van der Waals surface area contributed by atoms with Gasteiger partial charge >= 0.3 is 12.3 Å². The van der Waals surface area contributed by atoms with Crippen LogP contribution in [0.4, 0.5) is 23.8 Å². The van der Waals surface area contributed by atoms with Gasteiger partial charge in [-0.3, -0.25) is 4.98 Å². The van der Waals surface area contributed by atoms with Gasteiger partial charge in [0.2, 0.25) is 0 Å². The van der Waals surface area contributed by atoms with Gasteiger partial charge in [0.05, 0.1) is 11.3 Å². The number of fused-ring (bicyclic) bond motifs is 1. The number of anilines is 1. The molecule has 33 heavy (non-hydrogen) atoms. The summed E-state index contributed by atoms with van der Waals surface area (Å²) in [5.41, 5.74) is -0.549. The first-order valence-electron chi connectivity index (χ1n) is 11.0. The number of hydrogen-bond acceptors (Lipinski definition) is 6. The summed E-state index contributed by atoms with van der Waals surface area (Å²) in [5.74, 6) is 1.32. The number of aryl methyl sites for hydroxylation is 1. The molecule has 4 rings (SSSR count). The lowest BCUT2D eigenvalue weighted by molar-refractivity contribution is -0.137. The van der Waals surface area contributed by atoms with Crippen LogP contribution in [0, 0.1) is 18.8 Å². The molecule has 0 spiro atoms. The summed E-state index contributed by atoms with van der Waals surface area (Å²) in [5, 5.41) is 11.6. The Morgan fingerprint density at radius 1 is 1.15 bits per heavy atom. The number of nitrogens with zero attached hydrogens (tertiary/aromatic N) is 4. The third-order valence-electron chi connectivity index (χ3n) is 6.13. The van der Waals surface area contributed by atoms with E-state index in [0.717, 1.165) is 31.3 Å². The molecule has 10 heteroatoms. The number of aromatic nitrogens is 3. The Labute approximate surface area is 190 Å². The van der Waals surface area contributed by atoms with Crippen LogP contribution in [0.2, 0.25) is 0 Å². The number of rotatable bonds is 3. The van der Waals surface area contributed by atoms with Crippen LogP contribution in [0.15, 0.2) is 24.5 Å². The molecule has 1 amide bonds. The number of nitrogens with one attached hydrogen (secondary N) is 1. The smallest absolute Gasteiger partial charge is 0.417 e. The van der Waals surface area contributed by atoms with E-state index in [0.29, 0.717) is 36.3 Å². The van der Waals surface area contributed by atoms with E-state index in [-0.39, 0.29) is 23.4 Å². The number of ether oxygens (including phenoxy) is 1. The van der Waals surface area contributed by atoms with Crippen LogP contribution in [0.1, 0.15) is 44.7 Å². The van der Waals surface area contributed by atoms with Crippen LogP contribution >= 0.6 is 0 Å². The first-order chi connectivity index (χ1) is 15.4. The maximum Gasteiger partial charge on any atom is 0.417 e.